The molecular formula is C23H24N6O5. The third-order valence-corrected chi connectivity index (χ3v) is 6.19. The fraction of sp³-hybridized carbons (Fsp3) is 0.348. The molecule has 4 unspecified atom stereocenters. The number of ether oxygens (including phenoxy) is 2. The highest BCUT2D eigenvalue weighted by Gasteiger charge is 2.50. The minimum Gasteiger partial charge on any atom is -0.478 e. The molecule has 5 rings (SSSR count). The average molecular weight is 464 g/mol. The molecule has 0 bridgehead atoms. The Hall–Kier alpha value is -3.83. The number of fused-ring (bicyclic) bond motifs is 1. The van der Waals surface area contributed by atoms with E-state index in [-0.39, 0.29) is 29.9 Å². The number of aromatic carboxylic acids is 1. The van der Waals surface area contributed by atoms with Crippen molar-refractivity contribution in [3.8, 4) is 11.4 Å². The third-order valence-electron chi connectivity index (χ3n) is 6.19. The second-order valence-electron chi connectivity index (χ2n) is 8.48. The highest BCUT2D eigenvalue weighted by molar-refractivity contribution is 6.04. The Balaban J connectivity index is 1.32. The third kappa shape index (κ3) is 3.88. The lowest BCUT2D eigenvalue weighted by molar-refractivity contribution is 0.0613. The molecule has 11 heteroatoms. The number of carbonyl (C=O) groups is 2. The molecule has 0 radical (unpaired) electrons. The molecule has 2 saturated heterocycles. The number of aromatic nitrogens is 4. The number of tetrazole rings is 1. The van der Waals surface area contributed by atoms with Crippen molar-refractivity contribution >= 4 is 17.6 Å². The average Bonchev–Trinajstić information content (AvgIpc) is 3.56. The fourth-order valence-corrected chi connectivity index (χ4v) is 4.44. The number of hydrogen-bond acceptors (Lipinski definition) is 8. The fourth-order valence-electron chi connectivity index (χ4n) is 4.44. The highest BCUT2D eigenvalue weighted by Crippen LogP contribution is 2.36. The lowest BCUT2D eigenvalue weighted by Gasteiger charge is -2.19. The number of carbonyl (C=O) groups excluding carboxylic acids is 1. The number of benzene rings is 2. The molecule has 11 nitrogen and oxygen atoms in total. The first-order chi connectivity index (χ1) is 16.4. The minimum absolute atomic E-state index is 0.0562. The summed E-state index contributed by atoms with van der Waals surface area (Å²) in [6.07, 6.45) is -0.762. The van der Waals surface area contributed by atoms with Crippen LogP contribution < -0.4 is 10.2 Å². The molecular weight excluding hydrogens is 440 g/mol. The van der Waals surface area contributed by atoms with E-state index in [0.29, 0.717) is 12.4 Å². The van der Waals surface area contributed by atoms with Gasteiger partial charge in [0.15, 0.2) is 5.82 Å². The van der Waals surface area contributed by atoms with Crippen LogP contribution in [-0.2, 0) is 9.47 Å². The number of nitrogens with zero attached hydrogens (tertiary/aromatic N) is 5. The number of nitrogens with one attached hydrogen (secondary N) is 1. The molecule has 2 N–H and O–H groups in total. The van der Waals surface area contributed by atoms with Gasteiger partial charge in [0.2, 0.25) is 0 Å². The van der Waals surface area contributed by atoms with Crippen LogP contribution in [0.4, 0.5) is 5.69 Å². The van der Waals surface area contributed by atoms with Crippen LogP contribution in [0.5, 0.6) is 0 Å². The number of hydrogen-bond donors (Lipinski definition) is 2. The predicted molar refractivity (Wildman–Crippen MR) is 121 cm³/mol. The Kier molecular flexibility index (Phi) is 5.72. The van der Waals surface area contributed by atoms with Crippen LogP contribution >= 0.6 is 0 Å². The maximum Gasteiger partial charge on any atom is 0.336 e. The molecule has 0 aliphatic carbocycles. The molecule has 2 aliphatic rings. The van der Waals surface area contributed by atoms with Gasteiger partial charge in [-0.2, -0.15) is 0 Å². The number of carboxylic acid groups (broad SMARTS) is 1. The Morgan fingerprint density at radius 1 is 1.03 bits per heavy atom. The van der Waals surface area contributed by atoms with E-state index in [4.69, 9.17) is 9.47 Å². The minimum atomic E-state index is -1.16. The van der Waals surface area contributed by atoms with Gasteiger partial charge in [0, 0.05) is 25.3 Å². The van der Waals surface area contributed by atoms with Gasteiger partial charge in [-0.25, -0.2) is 9.48 Å². The van der Waals surface area contributed by atoms with Crippen LogP contribution in [0.1, 0.15) is 26.8 Å². The molecule has 1 aromatic heterocycles. The van der Waals surface area contributed by atoms with Crippen molar-refractivity contribution in [2.45, 2.75) is 24.3 Å². The summed E-state index contributed by atoms with van der Waals surface area (Å²) in [7, 11) is 3.95. The standard InChI is InChI=1S/C23H24N6O5/c1-28(2)14-9-7-13(8-10-14)21-25-26-27-29(21)18-12-34-19-17(11-33-20(18)19)24-22(30)15-5-3-4-6-16(15)23(31)32/h3-10,17-20H,11-12H2,1-2H3,(H,24,30)(H,31,32). The van der Waals surface area contributed by atoms with Gasteiger partial charge in [-0.05, 0) is 46.8 Å². The zero-order valence-corrected chi connectivity index (χ0v) is 18.7. The summed E-state index contributed by atoms with van der Waals surface area (Å²) in [5.74, 6) is -1.04. The summed E-state index contributed by atoms with van der Waals surface area (Å²) >= 11 is 0. The van der Waals surface area contributed by atoms with E-state index >= 15 is 0 Å². The molecule has 4 atom stereocenters. The summed E-state index contributed by atoms with van der Waals surface area (Å²) in [5, 5.41) is 24.5. The summed E-state index contributed by atoms with van der Waals surface area (Å²) in [4.78, 5) is 26.3. The lowest BCUT2D eigenvalue weighted by Crippen LogP contribution is -2.44. The first-order valence-corrected chi connectivity index (χ1v) is 10.9. The summed E-state index contributed by atoms with van der Waals surface area (Å²) in [6.45, 7) is 0.559. The molecule has 2 aliphatic heterocycles. The summed E-state index contributed by atoms with van der Waals surface area (Å²) < 4.78 is 13.7. The van der Waals surface area contributed by atoms with Gasteiger partial charge in [0.25, 0.3) is 5.91 Å². The number of rotatable bonds is 6. The number of amides is 1. The van der Waals surface area contributed by atoms with Crippen LogP contribution in [0.3, 0.4) is 0 Å². The van der Waals surface area contributed by atoms with Crippen molar-refractivity contribution < 1.29 is 24.2 Å². The predicted octanol–water partition coefficient (Wildman–Crippen LogP) is 1.24. The molecule has 2 fully saturated rings. The molecule has 34 heavy (non-hydrogen) atoms. The van der Waals surface area contributed by atoms with E-state index < -0.39 is 24.0 Å². The van der Waals surface area contributed by atoms with Crippen molar-refractivity contribution in [2.24, 2.45) is 0 Å². The molecule has 1 amide bonds. The normalized spacial score (nSPS) is 23.5. The van der Waals surface area contributed by atoms with Crippen LogP contribution in [0.25, 0.3) is 11.4 Å². The molecule has 0 spiro atoms. The SMILES string of the molecule is CN(C)c1ccc(-c2nnnn2C2COC3C(NC(=O)c4ccccc4C(=O)O)COC32)cc1. The van der Waals surface area contributed by atoms with Gasteiger partial charge in [0.1, 0.15) is 18.2 Å². The van der Waals surface area contributed by atoms with Crippen LogP contribution in [0.15, 0.2) is 48.5 Å². The Morgan fingerprint density at radius 3 is 2.44 bits per heavy atom. The van der Waals surface area contributed by atoms with E-state index in [9.17, 15) is 14.7 Å². The molecule has 2 aromatic carbocycles. The number of anilines is 1. The largest absolute Gasteiger partial charge is 0.478 e. The molecule has 3 aromatic rings. The Bertz CT molecular complexity index is 1210. The smallest absolute Gasteiger partial charge is 0.336 e. The molecule has 0 saturated carbocycles. The maximum absolute atomic E-state index is 12.8. The van der Waals surface area contributed by atoms with Gasteiger partial charge in [-0.3, -0.25) is 4.79 Å². The maximum atomic E-state index is 12.8. The zero-order valence-electron chi connectivity index (χ0n) is 18.7. The van der Waals surface area contributed by atoms with Gasteiger partial charge < -0.3 is 24.8 Å². The van der Waals surface area contributed by atoms with E-state index in [1.54, 1.807) is 16.8 Å². The first-order valence-electron chi connectivity index (χ1n) is 10.9. The van der Waals surface area contributed by atoms with Gasteiger partial charge >= 0.3 is 5.97 Å². The van der Waals surface area contributed by atoms with E-state index in [2.05, 4.69) is 20.8 Å². The Morgan fingerprint density at radius 2 is 1.74 bits per heavy atom. The van der Waals surface area contributed by atoms with Crippen LogP contribution in [0.2, 0.25) is 0 Å². The molecule has 3 heterocycles. The topological polar surface area (TPSA) is 132 Å². The van der Waals surface area contributed by atoms with E-state index in [1.807, 2.05) is 43.3 Å². The van der Waals surface area contributed by atoms with Crippen LogP contribution in [0, 0.1) is 0 Å². The van der Waals surface area contributed by atoms with Crippen molar-refractivity contribution in [3.05, 3.63) is 59.7 Å². The molecule has 176 valence electrons. The monoisotopic (exact) mass is 464 g/mol. The van der Waals surface area contributed by atoms with Gasteiger partial charge in [0.05, 0.1) is 30.4 Å². The van der Waals surface area contributed by atoms with Gasteiger partial charge in [-0.1, -0.05) is 12.1 Å². The quantitative estimate of drug-likeness (QED) is 0.553. The van der Waals surface area contributed by atoms with E-state index in [1.165, 1.54) is 12.1 Å². The second-order valence-corrected chi connectivity index (χ2v) is 8.48. The summed E-state index contributed by atoms with van der Waals surface area (Å²) in [6, 6.07) is 13.3. The lowest BCUT2D eigenvalue weighted by atomic mass is 10.0. The highest BCUT2D eigenvalue weighted by atomic mass is 16.6. The van der Waals surface area contributed by atoms with Crippen molar-refractivity contribution in [2.75, 3.05) is 32.2 Å². The van der Waals surface area contributed by atoms with Crippen molar-refractivity contribution in [1.82, 2.24) is 25.5 Å². The van der Waals surface area contributed by atoms with Crippen LogP contribution in [-0.4, -0.2) is 82.7 Å². The van der Waals surface area contributed by atoms with Gasteiger partial charge in [-0.15, -0.1) is 5.10 Å². The second kappa shape index (κ2) is 8.84. The summed E-state index contributed by atoms with van der Waals surface area (Å²) in [5.41, 5.74) is 1.97. The van der Waals surface area contributed by atoms with Crippen molar-refractivity contribution in [3.63, 3.8) is 0 Å². The first kappa shape index (κ1) is 22.0. The van der Waals surface area contributed by atoms with Crippen molar-refractivity contribution in [1.29, 1.82) is 0 Å². The Labute approximate surface area is 195 Å². The number of carboxylic acids is 1. The zero-order chi connectivity index (χ0) is 23.8. The van der Waals surface area contributed by atoms with E-state index in [0.717, 1.165) is 11.3 Å².